The molecule has 0 saturated heterocycles. The van der Waals surface area contributed by atoms with Crippen molar-refractivity contribution in [2.75, 3.05) is 6.61 Å². The summed E-state index contributed by atoms with van der Waals surface area (Å²) in [5.74, 6) is 0. The van der Waals surface area contributed by atoms with Crippen LogP contribution in [0.5, 0.6) is 0 Å². The molecular weight excluding hydrogens is 203 g/mol. The van der Waals surface area contributed by atoms with Gasteiger partial charge in [-0.3, -0.25) is 0 Å². The number of phosphoric ester groups is 1. The molecule has 0 aromatic rings. The lowest BCUT2D eigenvalue weighted by Crippen LogP contribution is -2.32. The van der Waals surface area contributed by atoms with Gasteiger partial charge in [-0.1, -0.05) is 0 Å². The SMILES string of the molecule is O=CC[C@H](O)[C@@H](O)COP(=O)([O-])[O-]. The van der Waals surface area contributed by atoms with Crippen molar-refractivity contribution >= 4 is 14.1 Å². The zero-order valence-corrected chi connectivity index (χ0v) is 7.42. The van der Waals surface area contributed by atoms with E-state index in [0.717, 1.165) is 0 Å². The molecule has 0 aliphatic rings. The van der Waals surface area contributed by atoms with Crippen molar-refractivity contribution in [2.24, 2.45) is 0 Å². The fourth-order valence-electron chi connectivity index (χ4n) is 0.534. The Morgan fingerprint density at radius 3 is 2.31 bits per heavy atom. The van der Waals surface area contributed by atoms with Gasteiger partial charge < -0.3 is 33.9 Å². The molecule has 0 aromatic heterocycles. The summed E-state index contributed by atoms with van der Waals surface area (Å²) in [6, 6.07) is 0. The molecule has 0 radical (unpaired) electrons. The van der Waals surface area contributed by atoms with Gasteiger partial charge in [-0.25, -0.2) is 0 Å². The van der Waals surface area contributed by atoms with Crippen LogP contribution in [0.3, 0.4) is 0 Å². The summed E-state index contributed by atoms with van der Waals surface area (Å²) in [5, 5.41) is 17.7. The Morgan fingerprint density at radius 1 is 1.38 bits per heavy atom. The maximum Gasteiger partial charge on any atom is 0.122 e. The third-order valence-corrected chi connectivity index (χ3v) is 1.65. The molecule has 7 nitrogen and oxygen atoms in total. The van der Waals surface area contributed by atoms with Crippen LogP contribution in [0.2, 0.25) is 0 Å². The van der Waals surface area contributed by atoms with Gasteiger partial charge in [0.05, 0.1) is 20.5 Å². The molecule has 8 heteroatoms. The van der Waals surface area contributed by atoms with E-state index in [1.165, 1.54) is 0 Å². The zero-order valence-electron chi connectivity index (χ0n) is 6.53. The maximum absolute atomic E-state index is 9.90. The van der Waals surface area contributed by atoms with Crippen LogP contribution in [0, 0.1) is 0 Å². The van der Waals surface area contributed by atoms with E-state index >= 15 is 0 Å². The predicted molar refractivity (Wildman–Crippen MR) is 36.3 cm³/mol. The molecule has 0 bridgehead atoms. The molecular formula is C5H9O7P-2. The van der Waals surface area contributed by atoms with E-state index in [1.807, 2.05) is 0 Å². The van der Waals surface area contributed by atoms with Gasteiger partial charge in [-0.15, -0.1) is 0 Å². The lowest BCUT2D eigenvalue weighted by atomic mass is 10.2. The van der Waals surface area contributed by atoms with Gasteiger partial charge >= 0.3 is 0 Å². The predicted octanol–water partition coefficient (Wildman–Crippen LogP) is -2.86. The van der Waals surface area contributed by atoms with E-state index in [0.29, 0.717) is 6.29 Å². The smallest absolute Gasteiger partial charge is 0.122 e. The first-order chi connectivity index (χ1) is 5.87. The van der Waals surface area contributed by atoms with E-state index < -0.39 is 26.6 Å². The fraction of sp³-hybridized carbons (Fsp3) is 0.800. The number of rotatable bonds is 6. The Balaban J connectivity index is 3.80. The number of phosphoric acid groups is 1. The second kappa shape index (κ2) is 5.43. The third kappa shape index (κ3) is 6.83. The molecule has 0 saturated carbocycles. The Hall–Kier alpha value is -0.300. The summed E-state index contributed by atoms with van der Waals surface area (Å²) in [6.45, 7) is -0.848. The maximum atomic E-state index is 9.90. The van der Waals surface area contributed by atoms with E-state index in [9.17, 15) is 19.1 Å². The van der Waals surface area contributed by atoms with Crippen LogP contribution in [0.25, 0.3) is 0 Å². The topological polar surface area (TPSA) is 130 Å². The van der Waals surface area contributed by atoms with E-state index in [2.05, 4.69) is 4.52 Å². The number of aliphatic hydroxyl groups is 2. The van der Waals surface area contributed by atoms with E-state index in [1.54, 1.807) is 0 Å². The minimum atomic E-state index is -5.14. The molecule has 78 valence electrons. The van der Waals surface area contributed by atoms with Gasteiger partial charge in [0.25, 0.3) is 0 Å². The van der Waals surface area contributed by atoms with Crippen molar-refractivity contribution in [1.29, 1.82) is 0 Å². The quantitative estimate of drug-likeness (QED) is 0.357. The highest BCUT2D eigenvalue weighted by molar-refractivity contribution is 7.43. The van der Waals surface area contributed by atoms with Gasteiger partial charge in [0.2, 0.25) is 0 Å². The number of hydrogen-bond acceptors (Lipinski definition) is 7. The summed E-state index contributed by atoms with van der Waals surface area (Å²) < 4.78 is 13.6. The van der Waals surface area contributed by atoms with E-state index in [4.69, 9.17) is 10.2 Å². The second-order valence-electron chi connectivity index (χ2n) is 2.28. The molecule has 0 unspecified atom stereocenters. The van der Waals surface area contributed by atoms with Crippen molar-refractivity contribution < 1.29 is 33.9 Å². The lowest BCUT2D eigenvalue weighted by Gasteiger charge is -2.30. The second-order valence-corrected chi connectivity index (χ2v) is 3.43. The average molecular weight is 212 g/mol. The number of carbonyl (C=O) groups is 1. The van der Waals surface area contributed by atoms with Crippen molar-refractivity contribution in [3.05, 3.63) is 0 Å². The van der Waals surface area contributed by atoms with Crippen LogP contribution in [-0.4, -0.2) is 35.3 Å². The van der Waals surface area contributed by atoms with Crippen LogP contribution in [0.15, 0.2) is 0 Å². The first-order valence-electron chi connectivity index (χ1n) is 3.33. The molecule has 0 aliphatic carbocycles. The summed E-state index contributed by atoms with van der Waals surface area (Å²) in [5.41, 5.74) is 0. The van der Waals surface area contributed by atoms with Crippen LogP contribution in [-0.2, 0) is 13.9 Å². The molecule has 0 heterocycles. The minimum Gasteiger partial charge on any atom is -0.790 e. The van der Waals surface area contributed by atoms with Crippen LogP contribution in [0.1, 0.15) is 6.42 Å². The van der Waals surface area contributed by atoms with Gasteiger partial charge in [-0.2, -0.15) is 0 Å². The fourth-order valence-corrected chi connectivity index (χ4v) is 0.870. The first-order valence-corrected chi connectivity index (χ1v) is 4.79. The highest BCUT2D eigenvalue weighted by Gasteiger charge is 2.16. The summed E-state index contributed by atoms with van der Waals surface area (Å²) in [7, 11) is -5.14. The summed E-state index contributed by atoms with van der Waals surface area (Å²) in [4.78, 5) is 29.6. The van der Waals surface area contributed by atoms with Crippen LogP contribution >= 0.6 is 7.82 Å². The van der Waals surface area contributed by atoms with Gasteiger partial charge in [0.15, 0.2) is 0 Å². The largest absolute Gasteiger partial charge is 0.790 e. The van der Waals surface area contributed by atoms with Gasteiger partial charge in [0, 0.05) is 6.42 Å². The standard InChI is InChI=1S/C5H11O7P/c6-2-1-4(7)5(8)3-12-13(9,10)11/h2,4-5,7-8H,1,3H2,(H2,9,10,11)/p-2/t4-,5-/m0/s1. The Bertz CT molecular complexity index is 199. The zero-order chi connectivity index (χ0) is 10.5. The Labute approximate surface area is 74.2 Å². The first kappa shape index (κ1) is 12.7. The van der Waals surface area contributed by atoms with Crippen LogP contribution in [0.4, 0.5) is 0 Å². The normalized spacial score (nSPS) is 16.6. The molecule has 0 rings (SSSR count). The summed E-state index contributed by atoms with van der Waals surface area (Å²) in [6.07, 6.45) is -3.00. The number of hydrogen-bond donors (Lipinski definition) is 2. The monoisotopic (exact) mass is 212 g/mol. The van der Waals surface area contributed by atoms with Crippen molar-refractivity contribution in [1.82, 2.24) is 0 Å². The molecule has 0 fully saturated rings. The van der Waals surface area contributed by atoms with Crippen molar-refractivity contribution in [2.45, 2.75) is 18.6 Å². The minimum absolute atomic E-state index is 0.349. The Kier molecular flexibility index (Phi) is 5.31. The molecule has 0 spiro atoms. The highest BCUT2D eigenvalue weighted by atomic mass is 31.2. The molecule has 2 N–H and O–H groups in total. The van der Waals surface area contributed by atoms with Gasteiger partial charge in [-0.05, 0) is 0 Å². The van der Waals surface area contributed by atoms with Crippen molar-refractivity contribution in [3.8, 4) is 0 Å². The average Bonchev–Trinajstić information content (AvgIpc) is 1.99. The van der Waals surface area contributed by atoms with Crippen molar-refractivity contribution in [3.63, 3.8) is 0 Å². The molecule has 0 amide bonds. The van der Waals surface area contributed by atoms with Crippen LogP contribution < -0.4 is 9.79 Å². The van der Waals surface area contributed by atoms with Gasteiger partial charge in [0.1, 0.15) is 12.4 Å². The summed E-state index contributed by atoms with van der Waals surface area (Å²) >= 11 is 0. The molecule has 0 aromatic carbocycles. The molecule has 0 aliphatic heterocycles. The number of carbonyl (C=O) groups excluding carboxylic acids is 1. The van der Waals surface area contributed by atoms with E-state index in [-0.39, 0.29) is 6.42 Å². The highest BCUT2D eigenvalue weighted by Crippen LogP contribution is 2.24. The molecule has 13 heavy (non-hydrogen) atoms. The third-order valence-electron chi connectivity index (χ3n) is 1.19. The Morgan fingerprint density at radius 2 is 1.92 bits per heavy atom. The number of aldehydes is 1. The molecule has 2 atom stereocenters. The number of aliphatic hydroxyl groups excluding tert-OH is 2. The lowest BCUT2D eigenvalue weighted by molar-refractivity contribution is -0.343.